The maximum absolute atomic E-state index is 12.8. The highest BCUT2D eigenvalue weighted by Gasteiger charge is 2.39. The molecule has 22 heavy (non-hydrogen) atoms. The Morgan fingerprint density at radius 1 is 1.32 bits per heavy atom. The largest absolute Gasteiger partial charge is 0.480 e. The minimum atomic E-state index is -3.79. The van der Waals surface area contributed by atoms with Gasteiger partial charge in [0.1, 0.15) is 11.8 Å². The normalized spacial score (nSPS) is 15.5. The molecule has 1 aromatic rings. The first-order valence-electron chi connectivity index (χ1n) is 7.36. The number of carboxylic acid groups (broad SMARTS) is 1. The van der Waals surface area contributed by atoms with Crippen molar-refractivity contribution in [2.45, 2.75) is 39.7 Å². The Bertz CT molecular complexity index is 522. The predicted octanol–water partition coefficient (Wildman–Crippen LogP) is 4.62. The van der Waals surface area contributed by atoms with Crippen molar-refractivity contribution in [3.63, 3.8) is 0 Å². The molecular formula is C15H23ClNO4P. The second-order valence-electron chi connectivity index (χ2n) is 5.17. The van der Waals surface area contributed by atoms with Gasteiger partial charge in [-0.3, -0.25) is 4.79 Å². The summed E-state index contributed by atoms with van der Waals surface area (Å²) in [4.78, 5) is 11.3. The third-order valence-corrected chi connectivity index (χ3v) is 6.02. The molecule has 7 heteroatoms. The van der Waals surface area contributed by atoms with Gasteiger partial charge in [0.05, 0.1) is 0 Å². The summed E-state index contributed by atoms with van der Waals surface area (Å²) in [6.07, 6.45) is 1.70. The third-order valence-electron chi connectivity index (χ3n) is 3.67. The van der Waals surface area contributed by atoms with Crippen LogP contribution < -0.4 is 4.52 Å². The van der Waals surface area contributed by atoms with E-state index in [0.717, 1.165) is 12.8 Å². The first-order chi connectivity index (χ1) is 10.3. The van der Waals surface area contributed by atoms with Crippen molar-refractivity contribution in [3.05, 3.63) is 30.3 Å². The Morgan fingerprint density at radius 3 is 2.32 bits per heavy atom. The fraction of sp³-hybridized carbons (Fsp3) is 0.533. The highest BCUT2D eigenvalue weighted by atomic mass is 35.7. The van der Waals surface area contributed by atoms with Crippen LogP contribution in [-0.4, -0.2) is 28.3 Å². The number of benzene rings is 1. The van der Waals surface area contributed by atoms with Gasteiger partial charge >= 0.3 is 12.8 Å². The number of carbonyl (C=O) groups is 1. The van der Waals surface area contributed by atoms with Gasteiger partial charge in [-0.15, -0.1) is 0 Å². The molecular weight excluding hydrogens is 325 g/mol. The maximum Gasteiger partial charge on any atom is 0.412 e. The summed E-state index contributed by atoms with van der Waals surface area (Å²) in [5, 5.41) is 9.26. The molecule has 0 aliphatic heterocycles. The van der Waals surface area contributed by atoms with Gasteiger partial charge in [0.15, 0.2) is 0 Å². The first-order valence-corrected chi connectivity index (χ1v) is 9.84. The van der Waals surface area contributed by atoms with E-state index in [0.29, 0.717) is 12.3 Å². The molecule has 124 valence electrons. The fourth-order valence-corrected chi connectivity index (χ4v) is 4.31. The van der Waals surface area contributed by atoms with E-state index in [9.17, 15) is 14.5 Å². The minimum absolute atomic E-state index is 0.202. The maximum atomic E-state index is 12.8. The van der Waals surface area contributed by atoms with Gasteiger partial charge in [0.2, 0.25) is 0 Å². The van der Waals surface area contributed by atoms with E-state index >= 15 is 0 Å². The lowest BCUT2D eigenvalue weighted by Crippen LogP contribution is -2.39. The van der Waals surface area contributed by atoms with Gasteiger partial charge in [-0.05, 0) is 25.0 Å². The summed E-state index contributed by atoms with van der Waals surface area (Å²) in [6, 6.07) is 7.54. The van der Waals surface area contributed by atoms with Crippen LogP contribution in [0.1, 0.15) is 33.6 Å². The summed E-state index contributed by atoms with van der Waals surface area (Å²) in [5.41, 5.74) is 0. The third kappa shape index (κ3) is 5.31. The average molecular weight is 348 g/mol. The number of carboxylic acids is 1. The molecule has 0 bridgehead atoms. The number of halogens is 1. The van der Waals surface area contributed by atoms with Gasteiger partial charge in [0, 0.05) is 17.8 Å². The molecule has 2 unspecified atom stereocenters. The number of rotatable bonds is 9. The van der Waals surface area contributed by atoms with E-state index in [-0.39, 0.29) is 5.92 Å². The van der Waals surface area contributed by atoms with Crippen molar-refractivity contribution >= 4 is 24.1 Å². The molecule has 0 aromatic heterocycles. The molecule has 0 aliphatic rings. The second kappa shape index (κ2) is 8.56. The molecule has 5 nitrogen and oxygen atoms in total. The SMILES string of the molecule is CCC(CC)CN(C(C)C(=O)O)P(=O)(Cl)Oc1ccccc1. The highest BCUT2D eigenvalue weighted by Crippen LogP contribution is 2.57. The second-order valence-corrected chi connectivity index (χ2v) is 8.06. The Hall–Kier alpha value is -1.03. The standard InChI is InChI=1S/C15H23ClNO4P/c1-4-13(5-2)11-17(12(3)15(18)19)22(16,20)21-14-9-7-6-8-10-14/h6-10,12-13H,4-5,11H2,1-3H3,(H,18,19). The van der Waals surface area contributed by atoms with Crippen LogP contribution in [0.25, 0.3) is 0 Å². The van der Waals surface area contributed by atoms with Crippen molar-refractivity contribution < 1.29 is 19.0 Å². The summed E-state index contributed by atoms with van der Waals surface area (Å²) >= 11 is 6.13. The predicted molar refractivity (Wildman–Crippen MR) is 88.4 cm³/mol. The summed E-state index contributed by atoms with van der Waals surface area (Å²) in [6.45, 7) is 2.01. The number of nitrogens with zero attached hydrogens (tertiary/aromatic N) is 1. The van der Waals surface area contributed by atoms with E-state index in [1.807, 2.05) is 13.8 Å². The van der Waals surface area contributed by atoms with Crippen LogP contribution in [0.3, 0.4) is 0 Å². The summed E-state index contributed by atoms with van der Waals surface area (Å²) < 4.78 is 19.5. The molecule has 0 saturated carbocycles. The molecule has 1 aromatic carbocycles. The molecule has 0 amide bonds. The Morgan fingerprint density at radius 2 is 1.86 bits per heavy atom. The van der Waals surface area contributed by atoms with Gasteiger partial charge in [-0.1, -0.05) is 44.9 Å². The fourth-order valence-electron chi connectivity index (χ4n) is 2.07. The Balaban J connectivity index is 3.01. The molecule has 2 atom stereocenters. The van der Waals surface area contributed by atoms with Crippen LogP contribution in [0, 0.1) is 5.92 Å². The van der Waals surface area contributed by atoms with Crippen LogP contribution in [0.5, 0.6) is 5.75 Å². The van der Waals surface area contributed by atoms with Crippen molar-refractivity contribution in [1.29, 1.82) is 0 Å². The van der Waals surface area contributed by atoms with Crippen LogP contribution >= 0.6 is 18.1 Å². The van der Waals surface area contributed by atoms with E-state index < -0.39 is 18.9 Å². The monoisotopic (exact) mass is 347 g/mol. The molecule has 0 spiro atoms. The zero-order chi connectivity index (χ0) is 16.8. The lowest BCUT2D eigenvalue weighted by Gasteiger charge is -2.32. The van der Waals surface area contributed by atoms with Crippen molar-refractivity contribution in [2.75, 3.05) is 6.54 Å². The van der Waals surface area contributed by atoms with Crippen LogP contribution in [-0.2, 0) is 9.36 Å². The van der Waals surface area contributed by atoms with Crippen LogP contribution in [0.4, 0.5) is 0 Å². The van der Waals surface area contributed by atoms with Crippen molar-refractivity contribution in [1.82, 2.24) is 4.67 Å². The first kappa shape index (κ1) is 19.0. The Labute approximate surface area is 136 Å². The molecule has 0 aliphatic carbocycles. The quantitative estimate of drug-likeness (QED) is 0.660. The number of aliphatic carboxylic acids is 1. The highest BCUT2D eigenvalue weighted by molar-refractivity contribution is 7.83. The molecule has 0 radical (unpaired) electrons. The van der Waals surface area contributed by atoms with E-state index in [1.165, 1.54) is 11.6 Å². The number of para-hydroxylation sites is 1. The lowest BCUT2D eigenvalue weighted by molar-refractivity contribution is -0.141. The van der Waals surface area contributed by atoms with E-state index in [4.69, 9.17) is 15.8 Å². The van der Waals surface area contributed by atoms with Gasteiger partial charge in [-0.25, -0.2) is 4.57 Å². The smallest absolute Gasteiger partial charge is 0.412 e. The van der Waals surface area contributed by atoms with Gasteiger partial charge < -0.3 is 9.63 Å². The van der Waals surface area contributed by atoms with Crippen molar-refractivity contribution in [3.8, 4) is 5.75 Å². The van der Waals surface area contributed by atoms with E-state index in [1.54, 1.807) is 30.3 Å². The minimum Gasteiger partial charge on any atom is -0.480 e. The van der Waals surface area contributed by atoms with E-state index in [2.05, 4.69) is 0 Å². The lowest BCUT2D eigenvalue weighted by atomic mass is 10.0. The topological polar surface area (TPSA) is 66.8 Å². The molecule has 1 rings (SSSR count). The van der Waals surface area contributed by atoms with Crippen molar-refractivity contribution in [2.24, 2.45) is 5.92 Å². The number of hydrogen-bond acceptors (Lipinski definition) is 3. The summed E-state index contributed by atoms with van der Waals surface area (Å²) in [7, 11) is 0. The van der Waals surface area contributed by atoms with Crippen LogP contribution in [0.2, 0.25) is 0 Å². The average Bonchev–Trinajstić information content (AvgIpc) is 2.48. The summed E-state index contributed by atoms with van der Waals surface area (Å²) in [5.74, 6) is -0.523. The molecule has 0 heterocycles. The van der Waals surface area contributed by atoms with Gasteiger partial charge in [0.25, 0.3) is 0 Å². The molecule has 0 saturated heterocycles. The van der Waals surface area contributed by atoms with Gasteiger partial charge in [-0.2, -0.15) is 4.67 Å². The molecule has 0 fully saturated rings. The number of hydrogen-bond donors (Lipinski definition) is 1. The molecule has 1 N–H and O–H groups in total. The van der Waals surface area contributed by atoms with Crippen LogP contribution in [0.15, 0.2) is 30.3 Å². The zero-order valence-electron chi connectivity index (χ0n) is 13.1. The zero-order valence-corrected chi connectivity index (χ0v) is 14.8. The Kier molecular flexibility index (Phi) is 7.40.